The number of nitrogens with one attached hydrogen (secondary N) is 2. The molecule has 0 fully saturated rings. The second kappa shape index (κ2) is 10.9. The van der Waals surface area contributed by atoms with Gasteiger partial charge in [0.2, 0.25) is 5.91 Å². The molecule has 0 atom stereocenters. The van der Waals surface area contributed by atoms with E-state index in [1.165, 1.54) is 0 Å². The summed E-state index contributed by atoms with van der Waals surface area (Å²) in [4.78, 5) is 17.5. The van der Waals surface area contributed by atoms with Crippen molar-refractivity contribution in [3.05, 3.63) is 124 Å². The van der Waals surface area contributed by atoms with Crippen LogP contribution < -0.4 is 10.6 Å². The van der Waals surface area contributed by atoms with Crippen LogP contribution in [0.15, 0.2) is 108 Å². The summed E-state index contributed by atoms with van der Waals surface area (Å²) < 4.78 is 2.55. The molecule has 2 N–H and O–H groups in total. The van der Waals surface area contributed by atoms with Crippen molar-refractivity contribution in [2.75, 3.05) is 10.6 Å². The number of benzene rings is 4. The van der Waals surface area contributed by atoms with Gasteiger partial charge in [0.15, 0.2) is 5.65 Å². The van der Waals surface area contributed by atoms with Gasteiger partial charge in [-0.25, -0.2) is 4.98 Å². The third kappa shape index (κ3) is 5.37. The number of nitrogens with zero attached hydrogens (tertiary/aromatic N) is 3. The summed E-state index contributed by atoms with van der Waals surface area (Å²) >= 11 is 9.99. The number of halogens is 2. The van der Waals surface area contributed by atoms with Crippen LogP contribution in [-0.4, -0.2) is 20.5 Å². The summed E-state index contributed by atoms with van der Waals surface area (Å²) in [5.74, 6) is 0.737. The van der Waals surface area contributed by atoms with Gasteiger partial charge in [0, 0.05) is 28.9 Å². The number of amides is 1. The summed E-state index contributed by atoms with van der Waals surface area (Å²) in [6.45, 7) is 0.558. The third-order valence-corrected chi connectivity index (χ3v) is 7.41. The maximum atomic E-state index is 12.8. The number of fused-ring (bicyclic) bond motifs is 2. The van der Waals surface area contributed by atoms with E-state index < -0.39 is 0 Å². The summed E-state index contributed by atoms with van der Waals surface area (Å²) in [6.07, 6.45) is 2.04. The molecule has 6 rings (SSSR count). The van der Waals surface area contributed by atoms with Crippen molar-refractivity contribution in [1.29, 1.82) is 0 Å². The lowest BCUT2D eigenvalue weighted by atomic mass is 10.0. The molecule has 8 heteroatoms. The van der Waals surface area contributed by atoms with Crippen LogP contribution in [-0.2, 0) is 17.8 Å². The Hall–Kier alpha value is -4.20. The molecular formula is C31H23BrClN5O. The normalized spacial score (nSPS) is 11.1. The molecule has 39 heavy (non-hydrogen) atoms. The molecule has 2 aromatic heterocycles. The zero-order valence-electron chi connectivity index (χ0n) is 20.7. The fraction of sp³-hybridized carbons (Fsp3) is 0.0645. The highest BCUT2D eigenvalue weighted by Crippen LogP contribution is 2.30. The van der Waals surface area contributed by atoms with Crippen molar-refractivity contribution in [3.8, 4) is 11.3 Å². The van der Waals surface area contributed by atoms with Crippen molar-refractivity contribution < 1.29 is 4.79 Å². The number of aromatic nitrogens is 3. The Kier molecular flexibility index (Phi) is 7.00. The van der Waals surface area contributed by atoms with Gasteiger partial charge in [0.25, 0.3) is 0 Å². The molecule has 0 bridgehead atoms. The summed E-state index contributed by atoms with van der Waals surface area (Å²) in [6, 6.07) is 31.6. The summed E-state index contributed by atoms with van der Waals surface area (Å²) in [7, 11) is 0. The van der Waals surface area contributed by atoms with E-state index in [9.17, 15) is 4.79 Å². The lowest BCUT2D eigenvalue weighted by Gasteiger charge is -2.12. The van der Waals surface area contributed by atoms with E-state index in [2.05, 4.69) is 49.9 Å². The first-order chi connectivity index (χ1) is 19.0. The predicted molar refractivity (Wildman–Crippen MR) is 161 cm³/mol. The number of hydrogen-bond acceptors (Lipinski definition) is 4. The fourth-order valence-electron chi connectivity index (χ4n) is 4.59. The zero-order valence-corrected chi connectivity index (χ0v) is 23.1. The van der Waals surface area contributed by atoms with E-state index in [-0.39, 0.29) is 5.91 Å². The van der Waals surface area contributed by atoms with Gasteiger partial charge in [0.1, 0.15) is 5.82 Å². The first kappa shape index (κ1) is 25.1. The molecule has 0 aliphatic heterocycles. The number of carbonyl (C=O) groups excluding carboxylic acids is 1. The van der Waals surface area contributed by atoms with Crippen LogP contribution in [0.1, 0.15) is 11.1 Å². The average Bonchev–Trinajstić information content (AvgIpc) is 3.33. The maximum absolute atomic E-state index is 12.8. The lowest BCUT2D eigenvalue weighted by Crippen LogP contribution is -2.14. The Balaban J connectivity index is 1.15. The molecule has 0 aliphatic rings. The largest absolute Gasteiger partial charge is 0.366 e. The standard InChI is InChI=1S/C31H23BrClN5O/c32-26-19-35-38-29(17-28(37-31(26)38)25-10-3-4-11-27(25)33)34-18-20-12-14-23(15-13-20)36-30(39)16-22-8-5-7-21-6-1-2-9-24(21)22/h1-15,17,19,34H,16,18H2,(H,36,39). The van der Waals surface area contributed by atoms with Crippen LogP contribution in [0.25, 0.3) is 27.7 Å². The van der Waals surface area contributed by atoms with E-state index in [1.807, 2.05) is 78.9 Å². The Morgan fingerprint density at radius 2 is 1.69 bits per heavy atom. The van der Waals surface area contributed by atoms with E-state index in [0.717, 1.165) is 49.1 Å². The quantitative estimate of drug-likeness (QED) is 0.198. The van der Waals surface area contributed by atoms with Gasteiger partial charge in [-0.2, -0.15) is 9.61 Å². The van der Waals surface area contributed by atoms with Crippen LogP contribution in [0.3, 0.4) is 0 Å². The second-order valence-electron chi connectivity index (χ2n) is 9.15. The van der Waals surface area contributed by atoms with E-state index >= 15 is 0 Å². The van der Waals surface area contributed by atoms with Gasteiger partial charge in [-0.05, 0) is 56.0 Å². The van der Waals surface area contributed by atoms with Crippen molar-refractivity contribution >= 4 is 61.4 Å². The topological polar surface area (TPSA) is 71.3 Å². The molecule has 4 aromatic carbocycles. The second-order valence-corrected chi connectivity index (χ2v) is 10.4. The van der Waals surface area contributed by atoms with Crippen molar-refractivity contribution in [2.45, 2.75) is 13.0 Å². The van der Waals surface area contributed by atoms with Crippen LogP contribution in [0.5, 0.6) is 0 Å². The van der Waals surface area contributed by atoms with Crippen LogP contribution in [0.2, 0.25) is 5.02 Å². The fourth-order valence-corrected chi connectivity index (χ4v) is 5.17. The van der Waals surface area contributed by atoms with Crippen molar-refractivity contribution in [3.63, 3.8) is 0 Å². The van der Waals surface area contributed by atoms with Crippen LogP contribution in [0.4, 0.5) is 11.5 Å². The maximum Gasteiger partial charge on any atom is 0.228 e. The monoisotopic (exact) mass is 595 g/mol. The first-order valence-corrected chi connectivity index (χ1v) is 13.6. The molecule has 6 nitrogen and oxygen atoms in total. The first-order valence-electron chi connectivity index (χ1n) is 12.4. The number of rotatable bonds is 7. The van der Waals surface area contributed by atoms with Gasteiger partial charge in [-0.3, -0.25) is 4.79 Å². The van der Waals surface area contributed by atoms with Crippen LogP contribution >= 0.6 is 27.5 Å². The molecule has 0 spiro atoms. The molecular weight excluding hydrogens is 574 g/mol. The van der Waals surface area contributed by atoms with E-state index in [4.69, 9.17) is 16.6 Å². The Morgan fingerprint density at radius 1 is 0.923 bits per heavy atom. The smallest absolute Gasteiger partial charge is 0.228 e. The minimum absolute atomic E-state index is 0.0484. The van der Waals surface area contributed by atoms with E-state index in [1.54, 1.807) is 10.7 Å². The molecule has 0 radical (unpaired) electrons. The molecule has 0 aliphatic carbocycles. The molecule has 0 saturated carbocycles. The lowest BCUT2D eigenvalue weighted by molar-refractivity contribution is -0.115. The molecule has 0 saturated heterocycles. The molecule has 192 valence electrons. The Bertz CT molecular complexity index is 1810. The minimum Gasteiger partial charge on any atom is -0.366 e. The number of anilines is 2. The van der Waals surface area contributed by atoms with Crippen molar-refractivity contribution in [1.82, 2.24) is 14.6 Å². The van der Waals surface area contributed by atoms with Crippen molar-refractivity contribution in [2.24, 2.45) is 0 Å². The summed E-state index contributed by atoms with van der Waals surface area (Å²) in [5, 5.41) is 13.8. The number of hydrogen-bond donors (Lipinski definition) is 2. The molecule has 1 amide bonds. The van der Waals surface area contributed by atoms with Gasteiger partial charge < -0.3 is 10.6 Å². The molecule has 6 aromatic rings. The van der Waals surface area contributed by atoms with E-state index in [0.29, 0.717) is 23.6 Å². The van der Waals surface area contributed by atoms with Gasteiger partial charge in [-0.15, -0.1) is 0 Å². The Morgan fingerprint density at radius 3 is 2.54 bits per heavy atom. The predicted octanol–water partition coefficient (Wildman–Crippen LogP) is 7.76. The number of carbonyl (C=O) groups is 1. The zero-order chi connectivity index (χ0) is 26.8. The van der Waals surface area contributed by atoms with Crippen LogP contribution in [0, 0.1) is 0 Å². The summed E-state index contributed by atoms with van der Waals surface area (Å²) in [5.41, 5.74) is 5.11. The highest BCUT2D eigenvalue weighted by atomic mass is 79.9. The molecule has 2 heterocycles. The third-order valence-electron chi connectivity index (χ3n) is 6.52. The SMILES string of the molecule is O=C(Cc1cccc2ccccc12)Nc1ccc(CNc2cc(-c3ccccc3Cl)nc3c(Br)cnn23)cc1. The highest BCUT2D eigenvalue weighted by Gasteiger charge is 2.13. The minimum atomic E-state index is -0.0484. The van der Waals surface area contributed by atoms with Gasteiger partial charge >= 0.3 is 0 Å². The molecule has 0 unspecified atom stereocenters. The average molecular weight is 597 g/mol. The van der Waals surface area contributed by atoms with Gasteiger partial charge in [0.05, 0.1) is 22.8 Å². The highest BCUT2D eigenvalue weighted by molar-refractivity contribution is 9.10. The van der Waals surface area contributed by atoms with Gasteiger partial charge in [-0.1, -0.05) is 84.4 Å². The Labute approximate surface area is 238 Å².